The number of carbonyl (C=O) groups is 2. The van der Waals surface area contributed by atoms with Gasteiger partial charge in [0.05, 0.1) is 11.3 Å². The lowest BCUT2D eigenvalue weighted by atomic mass is 9.97. The van der Waals surface area contributed by atoms with E-state index < -0.39 is 0 Å². The summed E-state index contributed by atoms with van der Waals surface area (Å²) in [5.74, 6) is -0.346. The first-order valence-corrected chi connectivity index (χ1v) is 9.33. The van der Waals surface area contributed by atoms with Crippen molar-refractivity contribution in [3.63, 3.8) is 0 Å². The average molecular weight is 367 g/mol. The van der Waals surface area contributed by atoms with Crippen molar-refractivity contribution < 1.29 is 14.0 Å². The Kier molecular flexibility index (Phi) is 4.64. The summed E-state index contributed by atoms with van der Waals surface area (Å²) in [6.45, 7) is 1.62. The highest BCUT2D eigenvalue weighted by molar-refractivity contribution is 5.94. The van der Waals surface area contributed by atoms with Crippen molar-refractivity contribution in [2.45, 2.75) is 50.7 Å². The number of aromatic nitrogens is 1. The fraction of sp³-hybridized carbons (Fsp3) is 0.381. The van der Waals surface area contributed by atoms with Crippen molar-refractivity contribution in [2.75, 3.05) is 0 Å². The molecule has 3 atom stereocenters. The summed E-state index contributed by atoms with van der Waals surface area (Å²) < 4.78 is 13.4. The average Bonchev–Trinajstić information content (AvgIpc) is 2.93. The standard InChI is InChI=1S/C21H22FN3O2/c1-13(26)25-18-6-7-19(25)11-17(10-18)24-21(27)15-5-8-20(23-12-15)14-3-2-4-16(22)9-14/h2-5,8-9,12,17-19H,6-7,10-11H2,1H3,(H,24,27)/t17-,18-,19+. The highest BCUT2D eigenvalue weighted by Gasteiger charge is 2.42. The molecule has 0 saturated carbocycles. The van der Waals surface area contributed by atoms with Crippen LogP contribution in [0.1, 0.15) is 43.0 Å². The highest BCUT2D eigenvalue weighted by atomic mass is 19.1. The molecule has 5 nitrogen and oxygen atoms in total. The Morgan fingerprint density at radius 1 is 1.15 bits per heavy atom. The van der Waals surface area contributed by atoms with Gasteiger partial charge in [-0.2, -0.15) is 0 Å². The van der Waals surface area contributed by atoms with Gasteiger partial charge in [0.1, 0.15) is 5.82 Å². The van der Waals surface area contributed by atoms with E-state index >= 15 is 0 Å². The van der Waals surface area contributed by atoms with Crippen LogP contribution >= 0.6 is 0 Å². The number of hydrogen-bond acceptors (Lipinski definition) is 3. The molecule has 0 aliphatic carbocycles. The van der Waals surface area contributed by atoms with Gasteiger partial charge >= 0.3 is 0 Å². The number of fused-ring (bicyclic) bond motifs is 2. The van der Waals surface area contributed by atoms with Gasteiger partial charge in [-0.25, -0.2) is 4.39 Å². The Balaban J connectivity index is 1.41. The summed E-state index contributed by atoms with van der Waals surface area (Å²) >= 11 is 0. The maximum atomic E-state index is 13.4. The molecule has 0 unspecified atom stereocenters. The maximum absolute atomic E-state index is 13.4. The van der Waals surface area contributed by atoms with E-state index in [-0.39, 0.29) is 35.8 Å². The zero-order valence-corrected chi connectivity index (χ0v) is 15.2. The molecule has 0 spiro atoms. The highest BCUT2D eigenvalue weighted by Crippen LogP contribution is 2.35. The molecule has 2 bridgehead atoms. The Morgan fingerprint density at radius 2 is 1.89 bits per heavy atom. The van der Waals surface area contributed by atoms with Crippen molar-refractivity contribution >= 4 is 11.8 Å². The number of benzene rings is 1. The number of hydrogen-bond donors (Lipinski definition) is 1. The van der Waals surface area contributed by atoms with Crippen LogP contribution in [0.2, 0.25) is 0 Å². The molecule has 1 aromatic heterocycles. The third kappa shape index (κ3) is 3.56. The Morgan fingerprint density at radius 3 is 2.48 bits per heavy atom. The number of rotatable bonds is 3. The van der Waals surface area contributed by atoms with E-state index in [1.807, 2.05) is 4.90 Å². The number of pyridine rings is 1. The van der Waals surface area contributed by atoms with E-state index in [4.69, 9.17) is 0 Å². The second kappa shape index (κ2) is 7.10. The summed E-state index contributed by atoms with van der Waals surface area (Å²) in [4.78, 5) is 30.6. The van der Waals surface area contributed by atoms with Gasteiger partial charge in [0, 0.05) is 36.8 Å². The van der Waals surface area contributed by atoms with Gasteiger partial charge in [-0.1, -0.05) is 12.1 Å². The van der Waals surface area contributed by atoms with Crippen LogP contribution in [0.25, 0.3) is 11.3 Å². The molecule has 0 radical (unpaired) electrons. The summed E-state index contributed by atoms with van der Waals surface area (Å²) in [5.41, 5.74) is 1.78. The first kappa shape index (κ1) is 17.6. The molecule has 2 aromatic rings. The molecule has 27 heavy (non-hydrogen) atoms. The molecular weight excluding hydrogens is 345 g/mol. The van der Waals surface area contributed by atoms with Crippen molar-refractivity contribution in [1.82, 2.24) is 15.2 Å². The monoisotopic (exact) mass is 367 g/mol. The maximum Gasteiger partial charge on any atom is 0.253 e. The quantitative estimate of drug-likeness (QED) is 0.906. The Bertz CT molecular complexity index is 854. The minimum absolute atomic E-state index is 0.0773. The topological polar surface area (TPSA) is 62.3 Å². The van der Waals surface area contributed by atoms with Crippen molar-refractivity contribution in [1.29, 1.82) is 0 Å². The summed E-state index contributed by atoms with van der Waals surface area (Å²) in [6.07, 6.45) is 5.16. The van der Waals surface area contributed by atoms with Crippen molar-refractivity contribution in [3.05, 3.63) is 54.0 Å². The first-order valence-electron chi connectivity index (χ1n) is 9.33. The largest absolute Gasteiger partial charge is 0.349 e. The van der Waals surface area contributed by atoms with Crippen molar-refractivity contribution in [2.24, 2.45) is 0 Å². The second-order valence-corrected chi connectivity index (χ2v) is 7.40. The van der Waals surface area contributed by atoms with Crippen LogP contribution in [0.15, 0.2) is 42.6 Å². The van der Waals surface area contributed by atoms with E-state index in [9.17, 15) is 14.0 Å². The molecule has 6 heteroatoms. The van der Waals surface area contributed by atoms with E-state index in [0.29, 0.717) is 16.8 Å². The lowest BCUT2D eigenvalue weighted by molar-refractivity contribution is -0.133. The van der Waals surface area contributed by atoms with Crippen molar-refractivity contribution in [3.8, 4) is 11.3 Å². The van der Waals surface area contributed by atoms with Crippen LogP contribution < -0.4 is 5.32 Å². The summed E-state index contributed by atoms with van der Waals surface area (Å²) in [7, 11) is 0. The van der Waals surface area contributed by atoms with Gasteiger partial charge in [0.25, 0.3) is 5.91 Å². The second-order valence-electron chi connectivity index (χ2n) is 7.40. The number of nitrogens with zero attached hydrogens (tertiary/aromatic N) is 2. The van der Waals surface area contributed by atoms with Crippen LogP contribution in [-0.2, 0) is 4.79 Å². The first-order chi connectivity index (χ1) is 13.0. The van der Waals surface area contributed by atoms with Gasteiger partial charge in [-0.05, 0) is 49.9 Å². The van der Waals surface area contributed by atoms with Gasteiger partial charge < -0.3 is 10.2 Å². The fourth-order valence-corrected chi connectivity index (χ4v) is 4.42. The molecule has 3 heterocycles. The predicted octanol–water partition coefficient (Wildman–Crippen LogP) is 3.16. The number of carbonyl (C=O) groups excluding carboxylic acids is 2. The smallest absolute Gasteiger partial charge is 0.253 e. The molecule has 4 rings (SSSR count). The minimum Gasteiger partial charge on any atom is -0.349 e. The van der Waals surface area contributed by atoms with Crippen LogP contribution in [-0.4, -0.2) is 39.8 Å². The van der Waals surface area contributed by atoms with E-state index in [0.717, 1.165) is 25.7 Å². The molecule has 2 fully saturated rings. The fourth-order valence-electron chi connectivity index (χ4n) is 4.42. The molecule has 1 aromatic carbocycles. The number of halogens is 1. The number of amides is 2. The minimum atomic E-state index is -0.317. The van der Waals surface area contributed by atoms with Gasteiger partial charge in [-0.15, -0.1) is 0 Å². The zero-order chi connectivity index (χ0) is 19.0. The lowest BCUT2D eigenvalue weighted by Crippen LogP contribution is -2.51. The number of piperidine rings is 1. The van der Waals surface area contributed by atoms with Crippen LogP contribution in [0.4, 0.5) is 4.39 Å². The lowest BCUT2D eigenvalue weighted by Gasteiger charge is -2.38. The molecule has 2 aliphatic rings. The Hall–Kier alpha value is -2.76. The Labute approximate surface area is 157 Å². The zero-order valence-electron chi connectivity index (χ0n) is 15.2. The van der Waals surface area contributed by atoms with Crippen LogP contribution in [0.3, 0.4) is 0 Å². The molecule has 1 N–H and O–H groups in total. The summed E-state index contributed by atoms with van der Waals surface area (Å²) in [6, 6.07) is 10.2. The SMILES string of the molecule is CC(=O)N1[C@@H]2CC[C@H]1C[C@H](NC(=O)c1ccc(-c3cccc(F)c3)nc1)C2. The van der Waals surface area contributed by atoms with E-state index in [1.54, 1.807) is 31.2 Å². The van der Waals surface area contributed by atoms with Gasteiger partial charge in [-0.3, -0.25) is 14.6 Å². The predicted molar refractivity (Wildman–Crippen MR) is 99.4 cm³/mol. The molecule has 2 amide bonds. The third-order valence-electron chi connectivity index (χ3n) is 5.58. The van der Waals surface area contributed by atoms with E-state index in [1.165, 1.54) is 18.3 Å². The molecular formula is C21H22FN3O2. The number of nitrogens with one attached hydrogen (secondary N) is 1. The molecule has 2 saturated heterocycles. The van der Waals surface area contributed by atoms with Crippen LogP contribution in [0, 0.1) is 5.82 Å². The van der Waals surface area contributed by atoms with Gasteiger partial charge in [0.2, 0.25) is 5.91 Å². The van der Waals surface area contributed by atoms with Crippen LogP contribution in [0.5, 0.6) is 0 Å². The normalized spacial score (nSPS) is 23.9. The molecule has 2 aliphatic heterocycles. The van der Waals surface area contributed by atoms with Gasteiger partial charge in [0.15, 0.2) is 0 Å². The van der Waals surface area contributed by atoms with E-state index in [2.05, 4.69) is 10.3 Å². The third-order valence-corrected chi connectivity index (χ3v) is 5.58. The summed E-state index contributed by atoms with van der Waals surface area (Å²) in [5, 5.41) is 3.09. The molecule has 140 valence electrons.